The maximum Gasteiger partial charge on any atom is 0.231 e. The molecular formula is C21H17ClN2O. The van der Waals surface area contributed by atoms with Crippen molar-refractivity contribution in [2.75, 3.05) is 11.4 Å². The number of carbonyl (C=O) groups is 1. The van der Waals surface area contributed by atoms with Gasteiger partial charge < -0.3 is 4.90 Å². The molecule has 1 amide bonds. The van der Waals surface area contributed by atoms with Crippen LogP contribution in [0.15, 0.2) is 67.0 Å². The van der Waals surface area contributed by atoms with Crippen LogP contribution >= 0.6 is 11.6 Å². The number of aromatic nitrogens is 1. The van der Waals surface area contributed by atoms with Crippen LogP contribution in [-0.4, -0.2) is 17.4 Å². The van der Waals surface area contributed by atoms with Crippen molar-refractivity contribution < 1.29 is 4.79 Å². The van der Waals surface area contributed by atoms with Gasteiger partial charge in [0.25, 0.3) is 0 Å². The molecule has 4 rings (SSSR count). The Hall–Kier alpha value is -2.65. The largest absolute Gasteiger partial charge is 0.312 e. The monoisotopic (exact) mass is 348 g/mol. The molecule has 0 aliphatic carbocycles. The average molecular weight is 349 g/mol. The highest BCUT2D eigenvalue weighted by atomic mass is 35.5. The molecule has 2 heterocycles. The summed E-state index contributed by atoms with van der Waals surface area (Å²) in [4.78, 5) is 18.7. The number of benzene rings is 2. The van der Waals surface area contributed by atoms with Crippen molar-refractivity contribution in [3.63, 3.8) is 0 Å². The van der Waals surface area contributed by atoms with Gasteiger partial charge in [0.2, 0.25) is 5.91 Å². The molecule has 0 atom stereocenters. The van der Waals surface area contributed by atoms with Gasteiger partial charge in [-0.15, -0.1) is 0 Å². The quantitative estimate of drug-likeness (QED) is 0.696. The fraction of sp³-hybridized carbons (Fsp3) is 0.143. The first-order chi connectivity index (χ1) is 12.2. The lowest BCUT2D eigenvalue weighted by Crippen LogP contribution is -2.30. The Morgan fingerprint density at radius 2 is 1.76 bits per heavy atom. The van der Waals surface area contributed by atoms with Gasteiger partial charge in [-0.25, -0.2) is 0 Å². The number of fused-ring (bicyclic) bond motifs is 1. The van der Waals surface area contributed by atoms with Crippen molar-refractivity contribution in [3.05, 3.63) is 83.1 Å². The Bertz CT molecular complexity index is 907. The average Bonchev–Trinajstić information content (AvgIpc) is 3.07. The number of pyridine rings is 1. The molecule has 4 heteroatoms. The van der Waals surface area contributed by atoms with Crippen molar-refractivity contribution in [2.24, 2.45) is 0 Å². The fourth-order valence-corrected chi connectivity index (χ4v) is 3.38. The summed E-state index contributed by atoms with van der Waals surface area (Å²) in [7, 11) is 0. The van der Waals surface area contributed by atoms with Gasteiger partial charge in [-0.3, -0.25) is 9.78 Å². The van der Waals surface area contributed by atoms with Gasteiger partial charge in [-0.1, -0.05) is 29.8 Å². The lowest BCUT2D eigenvalue weighted by atomic mass is 10.0. The molecule has 0 fully saturated rings. The number of rotatable bonds is 3. The van der Waals surface area contributed by atoms with Crippen LogP contribution < -0.4 is 4.90 Å². The zero-order valence-electron chi connectivity index (χ0n) is 13.7. The fourth-order valence-electron chi connectivity index (χ4n) is 3.26. The van der Waals surface area contributed by atoms with Crippen LogP contribution in [0.5, 0.6) is 0 Å². The first kappa shape index (κ1) is 15.9. The van der Waals surface area contributed by atoms with Crippen LogP contribution in [-0.2, 0) is 17.6 Å². The van der Waals surface area contributed by atoms with Crippen molar-refractivity contribution in [3.8, 4) is 11.1 Å². The minimum Gasteiger partial charge on any atom is -0.312 e. The Labute approximate surface area is 151 Å². The second-order valence-corrected chi connectivity index (χ2v) is 6.61. The molecule has 0 unspecified atom stereocenters. The van der Waals surface area contributed by atoms with Crippen LogP contribution in [0.2, 0.25) is 5.02 Å². The summed E-state index contributed by atoms with van der Waals surface area (Å²) in [6, 6.07) is 17.8. The predicted molar refractivity (Wildman–Crippen MR) is 101 cm³/mol. The van der Waals surface area contributed by atoms with Crippen molar-refractivity contribution in [1.82, 2.24) is 4.98 Å². The van der Waals surface area contributed by atoms with E-state index in [4.69, 9.17) is 11.6 Å². The van der Waals surface area contributed by atoms with E-state index in [1.807, 2.05) is 41.3 Å². The molecule has 25 heavy (non-hydrogen) atoms. The molecule has 124 valence electrons. The van der Waals surface area contributed by atoms with Gasteiger partial charge in [0.15, 0.2) is 0 Å². The maximum atomic E-state index is 12.7. The molecule has 0 N–H and O–H groups in total. The number of hydrogen-bond acceptors (Lipinski definition) is 2. The number of amides is 1. The Kier molecular flexibility index (Phi) is 4.24. The molecule has 3 nitrogen and oxygen atoms in total. The van der Waals surface area contributed by atoms with Gasteiger partial charge in [0, 0.05) is 29.6 Å². The molecule has 0 radical (unpaired) electrons. The van der Waals surface area contributed by atoms with E-state index in [0.717, 1.165) is 35.3 Å². The summed E-state index contributed by atoms with van der Waals surface area (Å²) < 4.78 is 0. The van der Waals surface area contributed by atoms with Crippen LogP contribution in [0.1, 0.15) is 11.1 Å². The number of hydrogen-bond donors (Lipinski definition) is 0. The van der Waals surface area contributed by atoms with Crippen molar-refractivity contribution in [2.45, 2.75) is 12.8 Å². The van der Waals surface area contributed by atoms with E-state index in [1.54, 1.807) is 12.4 Å². The molecule has 1 aliphatic rings. The van der Waals surface area contributed by atoms with E-state index in [1.165, 1.54) is 5.56 Å². The number of halogens is 1. The van der Waals surface area contributed by atoms with Gasteiger partial charge >= 0.3 is 0 Å². The van der Waals surface area contributed by atoms with Crippen LogP contribution in [0.25, 0.3) is 11.1 Å². The number of nitrogens with zero attached hydrogens (tertiary/aromatic N) is 2. The molecular weight excluding hydrogens is 332 g/mol. The van der Waals surface area contributed by atoms with Crippen LogP contribution in [0.3, 0.4) is 0 Å². The van der Waals surface area contributed by atoms with Crippen LogP contribution in [0.4, 0.5) is 5.69 Å². The predicted octanol–water partition coefficient (Wildman–Crippen LogP) is 4.53. The lowest BCUT2D eigenvalue weighted by Gasteiger charge is -2.18. The van der Waals surface area contributed by atoms with Gasteiger partial charge in [0.1, 0.15) is 0 Å². The SMILES string of the molecule is O=C(Cc1ccc(Cl)cc1)N1CCc2cc(-c3ccncc3)ccc21. The van der Waals surface area contributed by atoms with Gasteiger partial charge in [-0.2, -0.15) is 0 Å². The van der Waals surface area contributed by atoms with E-state index >= 15 is 0 Å². The van der Waals surface area contributed by atoms with E-state index < -0.39 is 0 Å². The summed E-state index contributed by atoms with van der Waals surface area (Å²) >= 11 is 5.91. The van der Waals surface area contributed by atoms with Gasteiger partial charge in [-0.05, 0) is 65.1 Å². The van der Waals surface area contributed by atoms with Gasteiger partial charge in [0.05, 0.1) is 6.42 Å². The minimum atomic E-state index is 0.123. The molecule has 3 aromatic rings. The molecule has 0 bridgehead atoms. The van der Waals surface area contributed by atoms with Crippen LogP contribution in [0, 0.1) is 0 Å². The molecule has 1 aromatic heterocycles. The third kappa shape index (κ3) is 3.28. The van der Waals surface area contributed by atoms with E-state index in [-0.39, 0.29) is 5.91 Å². The Morgan fingerprint density at radius 3 is 2.52 bits per heavy atom. The molecule has 2 aromatic carbocycles. The Balaban J connectivity index is 1.55. The second kappa shape index (κ2) is 6.69. The topological polar surface area (TPSA) is 33.2 Å². The molecule has 1 aliphatic heterocycles. The van der Waals surface area contributed by atoms with E-state index in [2.05, 4.69) is 23.2 Å². The highest BCUT2D eigenvalue weighted by Crippen LogP contribution is 2.32. The zero-order valence-corrected chi connectivity index (χ0v) is 14.4. The minimum absolute atomic E-state index is 0.123. The lowest BCUT2D eigenvalue weighted by molar-refractivity contribution is -0.117. The standard InChI is InChI=1S/C21H17ClN2O/c22-19-4-1-15(2-5-19)13-21(25)24-12-9-18-14-17(3-6-20(18)24)16-7-10-23-11-8-16/h1-8,10-11,14H,9,12-13H2. The number of anilines is 1. The summed E-state index contributed by atoms with van der Waals surface area (Å²) in [5.41, 5.74) is 5.53. The van der Waals surface area contributed by atoms with E-state index in [9.17, 15) is 4.79 Å². The smallest absolute Gasteiger partial charge is 0.231 e. The maximum absolute atomic E-state index is 12.7. The number of carbonyl (C=O) groups excluding carboxylic acids is 1. The van der Waals surface area contributed by atoms with Crippen molar-refractivity contribution >= 4 is 23.2 Å². The normalized spacial score (nSPS) is 12.9. The molecule has 0 saturated heterocycles. The second-order valence-electron chi connectivity index (χ2n) is 6.18. The molecule has 0 spiro atoms. The first-order valence-corrected chi connectivity index (χ1v) is 8.66. The summed E-state index contributed by atoms with van der Waals surface area (Å²) in [5.74, 6) is 0.123. The summed E-state index contributed by atoms with van der Waals surface area (Å²) in [6.45, 7) is 0.738. The van der Waals surface area contributed by atoms with E-state index in [0.29, 0.717) is 11.4 Å². The third-order valence-electron chi connectivity index (χ3n) is 4.56. The molecule has 0 saturated carbocycles. The first-order valence-electron chi connectivity index (χ1n) is 8.29. The highest BCUT2D eigenvalue weighted by molar-refractivity contribution is 6.30. The third-order valence-corrected chi connectivity index (χ3v) is 4.81. The van der Waals surface area contributed by atoms with Crippen molar-refractivity contribution in [1.29, 1.82) is 0 Å². The highest BCUT2D eigenvalue weighted by Gasteiger charge is 2.24. The summed E-state index contributed by atoms with van der Waals surface area (Å²) in [6.07, 6.45) is 4.87. The Morgan fingerprint density at radius 1 is 1.00 bits per heavy atom. The summed E-state index contributed by atoms with van der Waals surface area (Å²) in [5, 5.41) is 0.686. The zero-order chi connectivity index (χ0) is 17.2.